The number of ether oxygens (including phenoxy) is 1. The summed E-state index contributed by atoms with van der Waals surface area (Å²) in [6, 6.07) is 0. The van der Waals surface area contributed by atoms with Gasteiger partial charge in [-0.3, -0.25) is 4.79 Å². The number of hydrogen-bond donors (Lipinski definition) is 3. The maximum atomic E-state index is 11.5. The van der Waals surface area contributed by atoms with Gasteiger partial charge in [0.25, 0.3) is 0 Å². The first kappa shape index (κ1) is 21.7. The Hall–Kier alpha value is -0.570. The molecule has 1 amide bonds. The average Bonchev–Trinajstić information content (AvgIpc) is 2.41. The Morgan fingerprint density at radius 2 is 1.85 bits per heavy atom. The summed E-state index contributed by atoms with van der Waals surface area (Å²) < 4.78 is 4.86. The summed E-state index contributed by atoms with van der Waals surface area (Å²) in [5.74, 6) is 0.600. The van der Waals surface area contributed by atoms with E-state index in [1.165, 1.54) is 12.8 Å². The number of methoxy groups -OCH3 is 1. The molecule has 0 atom stereocenters. The highest BCUT2D eigenvalue weighted by Gasteiger charge is 2.01. The Morgan fingerprint density at radius 1 is 1.10 bits per heavy atom. The highest BCUT2D eigenvalue weighted by atomic mass is 127. The number of guanidine groups is 1. The molecule has 0 fully saturated rings. The zero-order valence-corrected chi connectivity index (χ0v) is 15.2. The molecule has 0 rings (SSSR count). The Kier molecular flexibility index (Phi) is 17.9. The largest absolute Gasteiger partial charge is 0.383 e. The predicted molar refractivity (Wildman–Crippen MR) is 93.8 cm³/mol. The van der Waals surface area contributed by atoms with Gasteiger partial charge in [0.1, 0.15) is 6.54 Å². The minimum absolute atomic E-state index is 0. The van der Waals surface area contributed by atoms with E-state index in [0.717, 1.165) is 19.5 Å². The van der Waals surface area contributed by atoms with Crippen molar-refractivity contribution < 1.29 is 9.53 Å². The average molecular weight is 400 g/mol. The number of unbranched alkanes of at least 4 members (excludes halogenated alkanes) is 2. The van der Waals surface area contributed by atoms with E-state index in [0.29, 0.717) is 19.1 Å². The second-order valence-electron chi connectivity index (χ2n) is 4.17. The molecular weight excluding hydrogens is 371 g/mol. The van der Waals surface area contributed by atoms with E-state index in [2.05, 4.69) is 27.9 Å². The highest BCUT2D eigenvalue weighted by molar-refractivity contribution is 14.0. The van der Waals surface area contributed by atoms with Crippen LogP contribution >= 0.6 is 24.0 Å². The molecule has 0 aromatic rings. The summed E-state index contributed by atoms with van der Waals surface area (Å²) in [5, 5.41) is 9.06. The minimum atomic E-state index is -0.0946. The second kappa shape index (κ2) is 16.5. The Morgan fingerprint density at radius 3 is 2.45 bits per heavy atom. The molecule has 120 valence electrons. The first-order valence-electron chi connectivity index (χ1n) is 7.02. The summed E-state index contributed by atoms with van der Waals surface area (Å²) in [7, 11) is 1.60. The molecular formula is C13H29IN4O2. The normalized spacial score (nSPS) is 10.7. The van der Waals surface area contributed by atoms with Gasteiger partial charge in [0.05, 0.1) is 6.61 Å². The van der Waals surface area contributed by atoms with E-state index in [9.17, 15) is 4.79 Å². The van der Waals surface area contributed by atoms with Gasteiger partial charge in [0.2, 0.25) is 5.91 Å². The molecule has 0 aliphatic rings. The van der Waals surface area contributed by atoms with Gasteiger partial charge in [0, 0.05) is 26.7 Å². The quantitative estimate of drug-likeness (QED) is 0.222. The van der Waals surface area contributed by atoms with Gasteiger partial charge in [0.15, 0.2) is 5.96 Å². The summed E-state index contributed by atoms with van der Waals surface area (Å²) in [6.45, 7) is 7.00. The van der Waals surface area contributed by atoms with E-state index < -0.39 is 0 Å². The topological polar surface area (TPSA) is 74.8 Å². The third kappa shape index (κ3) is 13.9. The van der Waals surface area contributed by atoms with Crippen molar-refractivity contribution in [3.8, 4) is 0 Å². The second-order valence-corrected chi connectivity index (χ2v) is 4.17. The number of aliphatic imine (C=N–C) groups is 1. The van der Waals surface area contributed by atoms with Gasteiger partial charge < -0.3 is 20.7 Å². The number of hydrogen-bond acceptors (Lipinski definition) is 3. The molecule has 0 saturated carbocycles. The minimum Gasteiger partial charge on any atom is -0.383 e. The summed E-state index contributed by atoms with van der Waals surface area (Å²) >= 11 is 0. The molecule has 0 spiro atoms. The van der Waals surface area contributed by atoms with Gasteiger partial charge in [-0.25, -0.2) is 4.99 Å². The zero-order valence-electron chi connectivity index (χ0n) is 12.8. The molecule has 0 radical (unpaired) electrons. The highest BCUT2D eigenvalue weighted by Crippen LogP contribution is 1.90. The smallest absolute Gasteiger partial charge is 0.241 e. The van der Waals surface area contributed by atoms with Gasteiger partial charge in [-0.15, -0.1) is 24.0 Å². The van der Waals surface area contributed by atoms with Crippen molar-refractivity contribution in [1.29, 1.82) is 0 Å². The third-order valence-corrected chi connectivity index (χ3v) is 2.43. The first-order valence-corrected chi connectivity index (χ1v) is 7.02. The van der Waals surface area contributed by atoms with Crippen LogP contribution < -0.4 is 16.0 Å². The van der Waals surface area contributed by atoms with Crippen LogP contribution in [0.2, 0.25) is 0 Å². The van der Waals surface area contributed by atoms with Crippen LogP contribution in [-0.2, 0) is 9.53 Å². The van der Waals surface area contributed by atoms with E-state index in [1.807, 2.05) is 6.92 Å². The molecule has 6 nitrogen and oxygen atoms in total. The lowest BCUT2D eigenvalue weighted by molar-refractivity contribution is -0.119. The van der Waals surface area contributed by atoms with Crippen molar-refractivity contribution >= 4 is 35.8 Å². The monoisotopic (exact) mass is 400 g/mol. The fraction of sp³-hybridized carbons (Fsp3) is 0.846. The SMILES string of the molecule is CCCCCNC(=NCC(=O)NCCOC)NCC.I. The lowest BCUT2D eigenvalue weighted by atomic mass is 10.2. The predicted octanol–water partition coefficient (Wildman–Crippen LogP) is 1.11. The number of halogens is 1. The van der Waals surface area contributed by atoms with Gasteiger partial charge in [-0.1, -0.05) is 19.8 Å². The fourth-order valence-corrected chi connectivity index (χ4v) is 1.42. The summed E-state index contributed by atoms with van der Waals surface area (Å²) in [4.78, 5) is 15.7. The first-order chi connectivity index (χ1) is 9.24. The molecule has 0 aromatic carbocycles. The van der Waals surface area contributed by atoms with Crippen LogP contribution in [0.5, 0.6) is 0 Å². The van der Waals surface area contributed by atoms with Crippen LogP contribution in [0.3, 0.4) is 0 Å². The van der Waals surface area contributed by atoms with Crippen molar-refractivity contribution in [3.05, 3.63) is 0 Å². The molecule has 0 unspecified atom stereocenters. The van der Waals surface area contributed by atoms with Crippen molar-refractivity contribution in [2.24, 2.45) is 4.99 Å². The zero-order chi connectivity index (χ0) is 14.3. The van der Waals surface area contributed by atoms with E-state index in [4.69, 9.17) is 4.74 Å². The Labute approximate surface area is 139 Å². The van der Waals surface area contributed by atoms with Crippen molar-refractivity contribution in [1.82, 2.24) is 16.0 Å². The molecule has 0 bridgehead atoms. The molecule has 3 N–H and O–H groups in total. The van der Waals surface area contributed by atoms with Crippen LogP contribution in [0.25, 0.3) is 0 Å². The standard InChI is InChI=1S/C13H28N4O2.HI/c1-4-6-7-8-16-13(14-5-2)17-11-12(18)15-9-10-19-3;/h4-11H2,1-3H3,(H,15,18)(H2,14,16,17);1H. The number of nitrogens with one attached hydrogen (secondary N) is 3. The fourth-order valence-electron chi connectivity index (χ4n) is 1.42. The number of amides is 1. The van der Waals surface area contributed by atoms with Gasteiger partial charge in [-0.2, -0.15) is 0 Å². The Bertz CT molecular complexity index is 263. The van der Waals surface area contributed by atoms with Crippen LogP contribution in [-0.4, -0.2) is 51.8 Å². The van der Waals surface area contributed by atoms with Gasteiger partial charge >= 0.3 is 0 Å². The summed E-state index contributed by atoms with van der Waals surface area (Å²) in [5.41, 5.74) is 0. The lowest BCUT2D eigenvalue weighted by Crippen LogP contribution is -2.39. The van der Waals surface area contributed by atoms with Gasteiger partial charge in [-0.05, 0) is 13.3 Å². The molecule has 0 aromatic heterocycles. The molecule has 20 heavy (non-hydrogen) atoms. The molecule has 0 aliphatic carbocycles. The van der Waals surface area contributed by atoms with Crippen molar-refractivity contribution in [2.45, 2.75) is 33.1 Å². The van der Waals surface area contributed by atoms with Crippen molar-refractivity contribution in [3.63, 3.8) is 0 Å². The molecule has 0 aliphatic heterocycles. The van der Waals surface area contributed by atoms with E-state index >= 15 is 0 Å². The number of nitrogens with zero attached hydrogens (tertiary/aromatic N) is 1. The van der Waals surface area contributed by atoms with Crippen LogP contribution in [0.15, 0.2) is 4.99 Å². The maximum absolute atomic E-state index is 11.5. The maximum Gasteiger partial charge on any atom is 0.241 e. The number of rotatable bonds is 10. The molecule has 0 saturated heterocycles. The van der Waals surface area contributed by atoms with E-state index in [1.54, 1.807) is 7.11 Å². The molecule has 0 heterocycles. The van der Waals surface area contributed by atoms with E-state index in [-0.39, 0.29) is 36.4 Å². The lowest BCUT2D eigenvalue weighted by Gasteiger charge is -2.11. The van der Waals surface area contributed by atoms with Crippen molar-refractivity contribution in [2.75, 3.05) is 39.9 Å². The van der Waals surface area contributed by atoms with Crippen LogP contribution in [0.4, 0.5) is 0 Å². The molecule has 7 heteroatoms. The summed E-state index contributed by atoms with van der Waals surface area (Å²) in [6.07, 6.45) is 3.50. The third-order valence-electron chi connectivity index (χ3n) is 2.43. The number of carbonyl (C=O) groups is 1. The number of carbonyl (C=O) groups excluding carboxylic acids is 1. The Balaban J connectivity index is 0. The van der Waals surface area contributed by atoms with Crippen LogP contribution in [0, 0.1) is 0 Å². The van der Waals surface area contributed by atoms with Crippen LogP contribution in [0.1, 0.15) is 33.1 Å².